The number of nitrogens with zero attached hydrogens (tertiary/aromatic N) is 1. The Balaban J connectivity index is 1.51. The summed E-state index contributed by atoms with van der Waals surface area (Å²) in [6, 6.07) is 20.3. The lowest BCUT2D eigenvalue weighted by Gasteiger charge is -2.12. The summed E-state index contributed by atoms with van der Waals surface area (Å²) in [6.45, 7) is 5.12. The van der Waals surface area contributed by atoms with Crippen LogP contribution < -0.4 is 14.9 Å². The SMILES string of the molecule is Cc1ccc(OCCCOc2ccc(Cl)cc2C=NNC(=O)c2ccccc2)c(C)c1. The normalized spacial score (nSPS) is 10.8. The number of amides is 1. The molecule has 0 aliphatic rings. The number of carbonyl (C=O) groups is 1. The topological polar surface area (TPSA) is 59.9 Å². The molecule has 0 spiro atoms. The fourth-order valence-corrected chi connectivity index (χ4v) is 3.13. The molecule has 5 nitrogen and oxygen atoms in total. The monoisotopic (exact) mass is 436 g/mol. The zero-order valence-corrected chi connectivity index (χ0v) is 18.4. The summed E-state index contributed by atoms with van der Waals surface area (Å²) in [5.74, 6) is 1.23. The van der Waals surface area contributed by atoms with E-state index in [0.717, 1.165) is 17.7 Å². The van der Waals surface area contributed by atoms with E-state index in [1.165, 1.54) is 11.8 Å². The molecule has 0 saturated carbocycles. The number of hydrogen-bond donors (Lipinski definition) is 1. The summed E-state index contributed by atoms with van der Waals surface area (Å²) in [7, 11) is 0. The molecule has 0 atom stereocenters. The molecule has 0 fully saturated rings. The van der Waals surface area contributed by atoms with Gasteiger partial charge in [-0.05, 0) is 55.8 Å². The molecular weight excluding hydrogens is 412 g/mol. The summed E-state index contributed by atoms with van der Waals surface area (Å²) in [4.78, 5) is 12.1. The van der Waals surface area contributed by atoms with E-state index >= 15 is 0 Å². The first-order valence-electron chi connectivity index (χ1n) is 10.0. The van der Waals surface area contributed by atoms with Crippen LogP contribution in [0.25, 0.3) is 0 Å². The Labute approximate surface area is 187 Å². The molecule has 0 aliphatic carbocycles. The van der Waals surface area contributed by atoms with Gasteiger partial charge in [-0.25, -0.2) is 5.43 Å². The molecule has 3 rings (SSSR count). The van der Waals surface area contributed by atoms with Crippen molar-refractivity contribution in [2.24, 2.45) is 5.10 Å². The van der Waals surface area contributed by atoms with Crippen LogP contribution in [0.15, 0.2) is 71.8 Å². The first kappa shape index (κ1) is 22.4. The van der Waals surface area contributed by atoms with Crippen molar-refractivity contribution in [3.05, 3.63) is 94.0 Å². The van der Waals surface area contributed by atoms with E-state index < -0.39 is 0 Å². The summed E-state index contributed by atoms with van der Waals surface area (Å²) in [6.07, 6.45) is 2.24. The first-order chi connectivity index (χ1) is 15.0. The highest BCUT2D eigenvalue weighted by molar-refractivity contribution is 6.30. The fourth-order valence-electron chi connectivity index (χ4n) is 2.95. The molecule has 160 valence electrons. The summed E-state index contributed by atoms with van der Waals surface area (Å²) in [5, 5.41) is 4.59. The van der Waals surface area contributed by atoms with Crippen molar-refractivity contribution in [1.82, 2.24) is 5.43 Å². The van der Waals surface area contributed by atoms with E-state index in [9.17, 15) is 4.79 Å². The first-order valence-corrected chi connectivity index (χ1v) is 10.4. The highest BCUT2D eigenvalue weighted by Gasteiger charge is 2.06. The second-order valence-electron chi connectivity index (χ2n) is 7.07. The van der Waals surface area contributed by atoms with Crippen LogP contribution in [-0.2, 0) is 0 Å². The number of hydrazone groups is 1. The summed E-state index contributed by atoms with van der Waals surface area (Å²) >= 11 is 6.11. The molecule has 0 heterocycles. The highest BCUT2D eigenvalue weighted by Crippen LogP contribution is 2.22. The predicted molar refractivity (Wildman–Crippen MR) is 124 cm³/mol. The molecular formula is C25H25ClN2O3. The van der Waals surface area contributed by atoms with Crippen LogP contribution in [0.2, 0.25) is 5.02 Å². The molecule has 0 saturated heterocycles. The Morgan fingerprint density at radius 2 is 1.68 bits per heavy atom. The Kier molecular flexibility index (Phi) is 8.07. The van der Waals surface area contributed by atoms with Crippen molar-refractivity contribution in [2.75, 3.05) is 13.2 Å². The highest BCUT2D eigenvalue weighted by atomic mass is 35.5. The van der Waals surface area contributed by atoms with Crippen molar-refractivity contribution in [3.63, 3.8) is 0 Å². The van der Waals surface area contributed by atoms with E-state index in [4.69, 9.17) is 21.1 Å². The molecule has 1 N–H and O–H groups in total. The molecule has 0 bridgehead atoms. The Morgan fingerprint density at radius 1 is 0.968 bits per heavy atom. The van der Waals surface area contributed by atoms with Crippen LogP contribution in [-0.4, -0.2) is 25.3 Å². The van der Waals surface area contributed by atoms with Gasteiger partial charge in [0.15, 0.2) is 0 Å². The number of rotatable bonds is 9. The minimum atomic E-state index is -0.287. The van der Waals surface area contributed by atoms with E-state index in [2.05, 4.69) is 23.5 Å². The van der Waals surface area contributed by atoms with Crippen molar-refractivity contribution >= 4 is 23.7 Å². The molecule has 3 aromatic carbocycles. The van der Waals surface area contributed by atoms with Gasteiger partial charge in [-0.2, -0.15) is 5.10 Å². The van der Waals surface area contributed by atoms with Gasteiger partial charge in [-0.1, -0.05) is 47.5 Å². The van der Waals surface area contributed by atoms with E-state index in [-0.39, 0.29) is 5.91 Å². The molecule has 0 aromatic heterocycles. The molecule has 0 radical (unpaired) electrons. The van der Waals surface area contributed by atoms with Gasteiger partial charge in [0, 0.05) is 22.6 Å². The van der Waals surface area contributed by atoms with Crippen LogP contribution in [0.5, 0.6) is 11.5 Å². The van der Waals surface area contributed by atoms with Gasteiger partial charge in [-0.3, -0.25) is 4.79 Å². The van der Waals surface area contributed by atoms with Crippen LogP contribution in [0.3, 0.4) is 0 Å². The number of nitrogens with one attached hydrogen (secondary N) is 1. The van der Waals surface area contributed by atoms with Crippen LogP contribution in [0.1, 0.15) is 33.5 Å². The van der Waals surface area contributed by atoms with Gasteiger partial charge in [0.1, 0.15) is 11.5 Å². The molecule has 0 unspecified atom stereocenters. The second kappa shape index (κ2) is 11.2. The Hall–Kier alpha value is -3.31. The number of carbonyl (C=O) groups excluding carboxylic acids is 1. The maximum atomic E-state index is 12.1. The number of hydrogen-bond acceptors (Lipinski definition) is 4. The van der Waals surface area contributed by atoms with E-state index in [0.29, 0.717) is 35.1 Å². The van der Waals surface area contributed by atoms with Gasteiger partial charge >= 0.3 is 0 Å². The predicted octanol–water partition coefficient (Wildman–Crippen LogP) is 5.57. The van der Waals surface area contributed by atoms with Gasteiger partial charge in [-0.15, -0.1) is 0 Å². The number of benzene rings is 3. The molecule has 1 amide bonds. The maximum Gasteiger partial charge on any atom is 0.271 e. The Morgan fingerprint density at radius 3 is 2.42 bits per heavy atom. The Bertz CT molecular complexity index is 1050. The number of halogens is 1. The zero-order chi connectivity index (χ0) is 22.1. The third kappa shape index (κ3) is 6.86. The average molecular weight is 437 g/mol. The standard InChI is InChI=1S/C25H25ClN2O3/c1-18-9-11-23(19(2)15-18)30-13-6-14-31-24-12-10-22(26)16-21(24)17-27-28-25(29)20-7-4-3-5-8-20/h3-5,7-12,15-17H,6,13-14H2,1-2H3,(H,28,29). The lowest BCUT2D eigenvalue weighted by molar-refractivity contribution is 0.0955. The summed E-state index contributed by atoms with van der Waals surface area (Å²) < 4.78 is 11.7. The van der Waals surface area contributed by atoms with Crippen molar-refractivity contribution in [1.29, 1.82) is 0 Å². The van der Waals surface area contributed by atoms with Gasteiger partial charge in [0.2, 0.25) is 0 Å². The summed E-state index contributed by atoms with van der Waals surface area (Å²) in [5.41, 5.74) is 6.05. The van der Waals surface area contributed by atoms with Crippen LogP contribution in [0.4, 0.5) is 0 Å². The minimum Gasteiger partial charge on any atom is -0.493 e. The number of ether oxygens (including phenoxy) is 2. The fraction of sp³-hybridized carbons (Fsp3) is 0.200. The molecule has 31 heavy (non-hydrogen) atoms. The number of aryl methyl sites for hydroxylation is 2. The van der Waals surface area contributed by atoms with E-state index in [1.54, 1.807) is 42.5 Å². The average Bonchev–Trinajstić information content (AvgIpc) is 2.76. The molecule has 3 aromatic rings. The lowest BCUT2D eigenvalue weighted by atomic mass is 10.1. The second-order valence-corrected chi connectivity index (χ2v) is 7.50. The molecule has 0 aliphatic heterocycles. The van der Waals surface area contributed by atoms with Crippen LogP contribution in [0, 0.1) is 13.8 Å². The van der Waals surface area contributed by atoms with Crippen molar-refractivity contribution in [3.8, 4) is 11.5 Å². The zero-order valence-electron chi connectivity index (χ0n) is 17.6. The van der Waals surface area contributed by atoms with Crippen molar-refractivity contribution < 1.29 is 14.3 Å². The smallest absolute Gasteiger partial charge is 0.271 e. The third-order valence-corrected chi connectivity index (χ3v) is 4.75. The lowest BCUT2D eigenvalue weighted by Crippen LogP contribution is -2.17. The van der Waals surface area contributed by atoms with Crippen LogP contribution >= 0.6 is 11.6 Å². The van der Waals surface area contributed by atoms with Gasteiger partial charge in [0.05, 0.1) is 19.4 Å². The quantitative estimate of drug-likeness (QED) is 0.271. The van der Waals surface area contributed by atoms with Gasteiger partial charge < -0.3 is 9.47 Å². The largest absolute Gasteiger partial charge is 0.493 e. The van der Waals surface area contributed by atoms with Gasteiger partial charge in [0.25, 0.3) is 5.91 Å². The third-order valence-electron chi connectivity index (χ3n) is 4.51. The van der Waals surface area contributed by atoms with Crippen molar-refractivity contribution in [2.45, 2.75) is 20.3 Å². The maximum absolute atomic E-state index is 12.1. The van der Waals surface area contributed by atoms with E-state index in [1.807, 2.05) is 25.1 Å². The minimum absolute atomic E-state index is 0.287. The molecule has 6 heteroatoms.